The Balaban J connectivity index is 2.20. The van der Waals surface area contributed by atoms with Crippen LogP contribution in [0.3, 0.4) is 0 Å². The summed E-state index contributed by atoms with van der Waals surface area (Å²) in [6.45, 7) is 13.3. The third kappa shape index (κ3) is 4.22. The van der Waals surface area contributed by atoms with Crippen LogP contribution in [0.25, 0.3) is 10.9 Å². The molecule has 5 heteroatoms. The number of Topliss-reactive ketones (excluding diaryl/α,β-unsaturated/α-hetero) is 1. The van der Waals surface area contributed by atoms with Gasteiger partial charge in [0.1, 0.15) is 18.5 Å². The van der Waals surface area contributed by atoms with Gasteiger partial charge in [-0.25, -0.2) is 0 Å². The minimum atomic E-state index is -0.537. The first-order chi connectivity index (χ1) is 11.9. The topological polar surface area (TPSA) is 54.7 Å². The van der Waals surface area contributed by atoms with E-state index in [1.54, 1.807) is 6.92 Å². The molecule has 0 bridgehead atoms. The average molecular weight is 346 g/mol. The average Bonchev–Trinajstić information content (AvgIpc) is 2.88. The molecule has 1 heterocycles. The Hall–Kier alpha value is -1.85. The van der Waals surface area contributed by atoms with Crippen molar-refractivity contribution in [1.29, 1.82) is 0 Å². The summed E-state index contributed by atoms with van der Waals surface area (Å²) in [6, 6.07) is 5.81. The van der Waals surface area contributed by atoms with Gasteiger partial charge in [-0.1, -0.05) is 13.8 Å². The molecule has 0 radical (unpaired) electrons. The Morgan fingerprint density at radius 1 is 1.28 bits per heavy atom. The highest BCUT2D eigenvalue weighted by molar-refractivity contribution is 6.08. The summed E-state index contributed by atoms with van der Waals surface area (Å²) in [7, 11) is 0. The molecule has 0 aliphatic carbocycles. The van der Waals surface area contributed by atoms with Crippen molar-refractivity contribution < 1.29 is 14.6 Å². The highest BCUT2D eigenvalue weighted by atomic mass is 16.5. The van der Waals surface area contributed by atoms with E-state index in [0.29, 0.717) is 12.3 Å². The van der Waals surface area contributed by atoms with Crippen LogP contribution in [-0.2, 0) is 6.54 Å². The summed E-state index contributed by atoms with van der Waals surface area (Å²) in [5.41, 5.74) is 2.79. The first-order valence-corrected chi connectivity index (χ1v) is 9.09. The maximum atomic E-state index is 12.1. The zero-order valence-corrected chi connectivity index (χ0v) is 16.0. The zero-order valence-electron chi connectivity index (χ0n) is 16.0. The molecule has 138 valence electrons. The van der Waals surface area contributed by atoms with Crippen molar-refractivity contribution in [3.8, 4) is 5.75 Å². The van der Waals surface area contributed by atoms with Gasteiger partial charge < -0.3 is 19.3 Å². The number of hydrogen-bond donors (Lipinski definition) is 1. The number of likely N-dealkylation sites (N-methyl/N-ethyl adjacent to an activating group) is 1. The quantitative estimate of drug-likeness (QED) is 0.708. The molecule has 0 unspecified atom stereocenters. The first kappa shape index (κ1) is 19.5. The number of aromatic nitrogens is 1. The molecule has 0 saturated heterocycles. The van der Waals surface area contributed by atoms with Crippen molar-refractivity contribution >= 4 is 16.7 Å². The second-order valence-electron chi connectivity index (χ2n) is 6.39. The van der Waals surface area contributed by atoms with E-state index in [2.05, 4.69) is 30.2 Å². The maximum Gasteiger partial charge on any atom is 0.162 e. The minimum Gasteiger partial charge on any atom is -0.491 e. The molecule has 2 aromatic rings. The third-order valence-corrected chi connectivity index (χ3v) is 4.77. The standard InChI is InChI=1S/C20H30N2O3/c1-6-21(7-2)12-16(24)13-25-17-9-10-19-18(11-17)20(15(5)23)14(4)22(19)8-3/h9-11,16,24H,6-8,12-13H2,1-5H3/t16-/m1/s1. The van der Waals surface area contributed by atoms with Crippen LogP contribution in [0, 0.1) is 6.92 Å². The van der Waals surface area contributed by atoms with E-state index in [0.717, 1.165) is 41.8 Å². The molecule has 5 nitrogen and oxygen atoms in total. The fourth-order valence-corrected chi connectivity index (χ4v) is 3.43. The molecule has 1 atom stereocenters. The molecule has 0 aliphatic rings. The predicted molar refractivity (Wildman–Crippen MR) is 102 cm³/mol. The number of aliphatic hydroxyl groups excluding tert-OH is 1. The van der Waals surface area contributed by atoms with Crippen LogP contribution in [0.4, 0.5) is 0 Å². The van der Waals surface area contributed by atoms with Gasteiger partial charge in [-0.3, -0.25) is 4.79 Å². The van der Waals surface area contributed by atoms with E-state index in [9.17, 15) is 9.90 Å². The minimum absolute atomic E-state index is 0.0634. The van der Waals surface area contributed by atoms with Gasteiger partial charge in [-0.15, -0.1) is 0 Å². The van der Waals surface area contributed by atoms with Gasteiger partial charge in [0.2, 0.25) is 0 Å². The number of carbonyl (C=O) groups excluding carboxylic acids is 1. The molecule has 0 spiro atoms. The lowest BCUT2D eigenvalue weighted by Gasteiger charge is -2.21. The van der Waals surface area contributed by atoms with Gasteiger partial charge in [-0.05, 0) is 52.1 Å². The van der Waals surface area contributed by atoms with Crippen LogP contribution >= 0.6 is 0 Å². The van der Waals surface area contributed by atoms with Crippen LogP contribution in [0.5, 0.6) is 5.75 Å². The van der Waals surface area contributed by atoms with E-state index >= 15 is 0 Å². The van der Waals surface area contributed by atoms with Gasteiger partial charge in [-0.2, -0.15) is 0 Å². The van der Waals surface area contributed by atoms with Crippen molar-refractivity contribution in [2.45, 2.75) is 47.3 Å². The molecule has 25 heavy (non-hydrogen) atoms. The molecule has 1 N–H and O–H groups in total. The number of ketones is 1. The maximum absolute atomic E-state index is 12.1. The monoisotopic (exact) mass is 346 g/mol. The number of hydrogen-bond acceptors (Lipinski definition) is 4. The van der Waals surface area contributed by atoms with Gasteiger partial charge >= 0.3 is 0 Å². The van der Waals surface area contributed by atoms with Crippen LogP contribution in [0.2, 0.25) is 0 Å². The van der Waals surface area contributed by atoms with E-state index < -0.39 is 6.10 Å². The summed E-state index contributed by atoms with van der Waals surface area (Å²) in [4.78, 5) is 14.2. The molecular weight excluding hydrogens is 316 g/mol. The zero-order chi connectivity index (χ0) is 18.6. The van der Waals surface area contributed by atoms with Crippen molar-refractivity contribution in [1.82, 2.24) is 9.47 Å². The molecule has 2 rings (SSSR count). The number of aliphatic hydroxyl groups is 1. The molecule has 0 aliphatic heterocycles. The Labute approximate surface area is 150 Å². The number of rotatable bonds is 9. The Morgan fingerprint density at radius 2 is 1.96 bits per heavy atom. The number of fused-ring (bicyclic) bond motifs is 1. The molecule has 1 aromatic heterocycles. The fraction of sp³-hybridized carbons (Fsp3) is 0.550. The molecule has 1 aromatic carbocycles. The Kier molecular flexibility index (Phi) is 6.62. The highest BCUT2D eigenvalue weighted by Gasteiger charge is 2.17. The lowest BCUT2D eigenvalue weighted by Crippen LogP contribution is -2.35. The van der Waals surface area contributed by atoms with E-state index in [4.69, 9.17) is 4.74 Å². The summed E-state index contributed by atoms with van der Waals surface area (Å²) >= 11 is 0. The van der Waals surface area contributed by atoms with E-state index in [-0.39, 0.29) is 12.4 Å². The van der Waals surface area contributed by atoms with Crippen LogP contribution in [0.1, 0.15) is 43.7 Å². The van der Waals surface area contributed by atoms with E-state index in [1.807, 2.05) is 25.1 Å². The normalized spacial score (nSPS) is 12.8. The predicted octanol–water partition coefficient (Wildman–Crippen LogP) is 3.25. The second kappa shape index (κ2) is 8.50. The van der Waals surface area contributed by atoms with Gasteiger partial charge in [0.15, 0.2) is 5.78 Å². The lowest BCUT2D eigenvalue weighted by atomic mass is 10.1. The highest BCUT2D eigenvalue weighted by Crippen LogP contribution is 2.29. The number of ether oxygens (including phenoxy) is 1. The van der Waals surface area contributed by atoms with Crippen LogP contribution in [0.15, 0.2) is 18.2 Å². The molecule has 0 saturated carbocycles. The lowest BCUT2D eigenvalue weighted by molar-refractivity contribution is 0.0717. The van der Waals surface area contributed by atoms with Crippen molar-refractivity contribution in [3.63, 3.8) is 0 Å². The number of aryl methyl sites for hydroxylation is 1. The van der Waals surface area contributed by atoms with E-state index in [1.165, 1.54) is 0 Å². The number of benzene rings is 1. The van der Waals surface area contributed by atoms with Gasteiger partial charge in [0, 0.05) is 35.2 Å². The smallest absolute Gasteiger partial charge is 0.162 e. The van der Waals surface area contributed by atoms with Crippen molar-refractivity contribution in [3.05, 3.63) is 29.5 Å². The fourth-order valence-electron chi connectivity index (χ4n) is 3.43. The van der Waals surface area contributed by atoms with Gasteiger partial charge in [0.05, 0.1) is 0 Å². The second-order valence-corrected chi connectivity index (χ2v) is 6.39. The summed E-state index contributed by atoms with van der Waals surface area (Å²) in [5.74, 6) is 0.746. The summed E-state index contributed by atoms with van der Waals surface area (Å²) in [6.07, 6.45) is -0.537. The largest absolute Gasteiger partial charge is 0.491 e. The SMILES string of the molecule is CCN(CC)C[C@@H](O)COc1ccc2c(c1)c(C(C)=O)c(C)n2CC. The third-order valence-electron chi connectivity index (χ3n) is 4.77. The number of carbonyl (C=O) groups is 1. The van der Waals surface area contributed by atoms with Gasteiger partial charge in [0.25, 0.3) is 0 Å². The van der Waals surface area contributed by atoms with Crippen molar-refractivity contribution in [2.24, 2.45) is 0 Å². The van der Waals surface area contributed by atoms with Crippen LogP contribution in [-0.4, -0.2) is 52.7 Å². The molecule has 0 fully saturated rings. The number of nitrogens with zero attached hydrogens (tertiary/aromatic N) is 2. The molecule has 0 amide bonds. The molecular formula is C20H30N2O3. The summed E-state index contributed by atoms with van der Waals surface area (Å²) in [5, 5.41) is 11.1. The Morgan fingerprint density at radius 3 is 2.52 bits per heavy atom. The van der Waals surface area contributed by atoms with Crippen LogP contribution < -0.4 is 4.74 Å². The van der Waals surface area contributed by atoms with Crippen molar-refractivity contribution in [2.75, 3.05) is 26.2 Å². The summed E-state index contributed by atoms with van der Waals surface area (Å²) < 4.78 is 7.93. The Bertz CT molecular complexity index is 732. The first-order valence-electron chi connectivity index (χ1n) is 9.09.